The monoisotopic (exact) mass is 314 g/mol. The van der Waals surface area contributed by atoms with Crippen molar-refractivity contribution < 1.29 is 40.0 Å². The molecule has 112 valence electrons. The van der Waals surface area contributed by atoms with Crippen molar-refractivity contribution in [2.45, 2.75) is 5.51 Å². The van der Waals surface area contributed by atoms with Crippen LogP contribution in [0.5, 0.6) is 11.5 Å². The maximum Gasteiger partial charge on any atom is 0.534 e. The van der Waals surface area contributed by atoms with Crippen molar-refractivity contribution in [3.05, 3.63) is 23.8 Å². The number of ether oxygens (including phenoxy) is 2. The molecule has 0 aliphatic heterocycles. The van der Waals surface area contributed by atoms with Gasteiger partial charge in [0.2, 0.25) is 0 Å². The van der Waals surface area contributed by atoms with Crippen LogP contribution in [0.2, 0.25) is 0 Å². The predicted octanol–water partition coefficient (Wildman–Crippen LogP) is 1.71. The van der Waals surface area contributed by atoms with Gasteiger partial charge in [-0.2, -0.15) is 21.6 Å². The van der Waals surface area contributed by atoms with Crippen molar-refractivity contribution in [2.75, 3.05) is 13.9 Å². The van der Waals surface area contributed by atoms with Gasteiger partial charge < -0.3 is 13.7 Å². The van der Waals surface area contributed by atoms with Gasteiger partial charge in [-0.05, 0) is 12.1 Å². The molecule has 20 heavy (non-hydrogen) atoms. The maximum atomic E-state index is 12.2. The van der Waals surface area contributed by atoms with E-state index in [2.05, 4.69) is 8.92 Å². The lowest BCUT2D eigenvalue weighted by Gasteiger charge is -2.12. The molecule has 0 aliphatic carbocycles. The quantitative estimate of drug-likeness (QED) is 0.344. The van der Waals surface area contributed by atoms with E-state index < -0.39 is 21.4 Å². The van der Waals surface area contributed by atoms with Crippen LogP contribution in [-0.4, -0.2) is 34.1 Å². The largest absolute Gasteiger partial charge is 0.534 e. The lowest BCUT2D eigenvalue weighted by Crippen LogP contribution is -2.28. The zero-order valence-corrected chi connectivity index (χ0v) is 10.8. The van der Waals surface area contributed by atoms with E-state index >= 15 is 0 Å². The Morgan fingerprint density at radius 1 is 1.30 bits per heavy atom. The molecule has 0 bridgehead atoms. The Kier molecular flexibility index (Phi) is 4.95. The molecular formula is C10H9F3O6S. The molecule has 0 atom stereocenters. The predicted molar refractivity (Wildman–Crippen MR) is 59.9 cm³/mol. The third-order valence-corrected chi connectivity index (χ3v) is 2.90. The van der Waals surface area contributed by atoms with Crippen LogP contribution in [0.15, 0.2) is 18.2 Å². The fourth-order valence-corrected chi connectivity index (χ4v) is 1.54. The van der Waals surface area contributed by atoms with Crippen molar-refractivity contribution in [3.63, 3.8) is 0 Å². The minimum absolute atomic E-state index is 0.0233. The Bertz CT molecular complexity index is 581. The average Bonchev–Trinajstić information content (AvgIpc) is 2.34. The van der Waals surface area contributed by atoms with Crippen LogP contribution < -0.4 is 8.92 Å². The first kappa shape index (κ1) is 16.2. The normalized spacial score (nSPS) is 12.0. The van der Waals surface area contributed by atoms with E-state index in [4.69, 9.17) is 4.74 Å². The molecule has 10 heteroatoms. The summed E-state index contributed by atoms with van der Waals surface area (Å²) in [4.78, 5) is 10.7. The molecule has 6 nitrogen and oxygen atoms in total. The van der Waals surface area contributed by atoms with E-state index in [0.717, 1.165) is 12.1 Å². The summed E-state index contributed by atoms with van der Waals surface area (Å²) < 4.78 is 71.8. The number of hydrogen-bond acceptors (Lipinski definition) is 6. The van der Waals surface area contributed by atoms with Crippen molar-refractivity contribution >= 4 is 16.4 Å². The zero-order chi connectivity index (χ0) is 15.4. The Morgan fingerprint density at radius 2 is 1.95 bits per heavy atom. The van der Waals surface area contributed by atoms with E-state index in [-0.39, 0.29) is 24.4 Å². The molecule has 1 aromatic rings. The average molecular weight is 314 g/mol. The van der Waals surface area contributed by atoms with Crippen molar-refractivity contribution in [2.24, 2.45) is 0 Å². The maximum absolute atomic E-state index is 12.2. The molecule has 0 heterocycles. The number of alkyl halides is 3. The van der Waals surface area contributed by atoms with E-state index in [1.807, 2.05) is 0 Å². The number of methoxy groups -OCH3 is 1. The number of hydrogen-bond donors (Lipinski definition) is 0. The van der Waals surface area contributed by atoms with Gasteiger partial charge in [0.05, 0.1) is 5.56 Å². The SMILES string of the molecule is COCOc1ccc(C=O)c(OS(=O)(=O)C(F)(F)F)c1. The number of carbonyl (C=O) groups is 1. The summed E-state index contributed by atoms with van der Waals surface area (Å²) in [6.07, 6.45) is 0.154. The van der Waals surface area contributed by atoms with Crippen LogP contribution in [0.3, 0.4) is 0 Å². The molecule has 0 saturated heterocycles. The van der Waals surface area contributed by atoms with Crippen molar-refractivity contribution in [3.8, 4) is 11.5 Å². The van der Waals surface area contributed by atoms with Gasteiger partial charge in [-0.25, -0.2) is 0 Å². The summed E-state index contributed by atoms with van der Waals surface area (Å²) >= 11 is 0. The smallest absolute Gasteiger partial charge is 0.467 e. The minimum atomic E-state index is -5.87. The second-order valence-electron chi connectivity index (χ2n) is 3.35. The molecule has 0 aliphatic rings. The van der Waals surface area contributed by atoms with Gasteiger partial charge in [-0.1, -0.05) is 0 Å². The molecule has 1 rings (SSSR count). The summed E-state index contributed by atoms with van der Waals surface area (Å²) in [5.74, 6) is -0.809. The van der Waals surface area contributed by atoms with Gasteiger partial charge in [-0.15, -0.1) is 0 Å². The van der Waals surface area contributed by atoms with Gasteiger partial charge in [0.15, 0.2) is 18.8 Å². The minimum Gasteiger partial charge on any atom is -0.467 e. The van der Waals surface area contributed by atoms with Crippen LogP contribution in [0.1, 0.15) is 10.4 Å². The summed E-state index contributed by atoms with van der Waals surface area (Å²) in [5.41, 5.74) is -5.97. The molecule has 0 amide bonds. The Hall–Kier alpha value is -1.81. The molecule has 0 aromatic heterocycles. The highest BCUT2D eigenvalue weighted by Gasteiger charge is 2.48. The topological polar surface area (TPSA) is 78.9 Å². The van der Waals surface area contributed by atoms with E-state index in [1.165, 1.54) is 13.2 Å². The highest BCUT2D eigenvalue weighted by atomic mass is 32.2. The Morgan fingerprint density at radius 3 is 2.45 bits per heavy atom. The fraction of sp³-hybridized carbons (Fsp3) is 0.300. The molecule has 0 spiro atoms. The number of aldehydes is 1. The van der Waals surface area contributed by atoms with Gasteiger partial charge in [-0.3, -0.25) is 4.79 Å². The highest BCUT2D eigenvalue weighted by molar-refractivity contribution is 7.88. The van der Waals surface area contributed by atoms with E-state index in [1.54, 1.807) is 0 Å². The van der Waals surface area contributed by atoms with Crippen LogP contribution in [0.25, 0.3) is 0 Å². The lowest BCUT2D eigenvalue weighted by molar-refractivity contribution is -0.0500. The second-order valence-corrected chi connectivity index (χ2v) is 4.89. The van der Waals surface area contributed by atoms with Crippen molar-refractivity contribution in [1.29, 1.82) is 0 Å². The molecule has 0 radical (unpaired) electrons. The van der Waals surface area contributed by atoms with Gasteiger partial charge in [0.25, 0.3) is 0 Å². The first-order chi connectivity index (χ1) is 9.21. The third-order valence-electron chi connectivity index (χ3n) is 1.94. The molecule has 0 fully saturated rings. The zero-order valence-electron chi connectivity index (χ0n) is 10.0. The van der Waals surface area contributed by atoms with Gasteiger partial charge >= 0.3 is 15.6 Å². The molecule has 0 N–H and O–H groups in total. The molecular weight excluding hydrogens is 305 g/mol. The molecule has 1 aromatic carbocycles. The number of rotatable bonds is 6. The van der Waals surface area contributed by atoms with E-state index in [0.29, 0.717) is 0 Å². The van der Waals surface area contributed by atoms with Crippen LogP contribution in [0.4, 0.5) is 13.2 Å². The third kappa shape index (κ3) is 3.84. The van der Waals surface area contributed by atoms with Crippen molar-refractivity contribution in [1.82, 2.24) is 0 Å². The summed E-state index contributed by atoms with van der Waals surface area (Å²) in [6.45, 7) is -0.216. The first-order valence-electron chi connectivity index (χ1n) is 4.93. The van der Waals surface area contributed by atoms with Crippen LogP contribution in [-0.2, 0) is 14.9 Å². The van der Waals surface area contributed by atoms with E-state index in [9.17, 15) is 26.4 Å². The highest BCUT2D eigenvalue weighted by Crippen LogP contribution is 2.30. The summed E-state index contributed by atoms with van der Waals surface area (Å²) in [6, 6.07) is 3.14. The van der Waals surface area contributed by atoms with Crippen LogP contribution in [0, 0.1) is 0 Å². The molecule has 0 saturated carbocycles. The Balaban J connectivity index is 3.12. The lowest BCUT2D eigenvalue weighted by atomic mass is 10.2. The molecule has 0 unspecified atom stereocenters. The fourth-order valence-electron chi connectivity index (χ4n) is 1.07. The summed E-state index contributed by atoms with van der Waals surface area (Å²) in [5, 5.41) is 0. The van der Waals surface area contributed by atoms with Gasteiger partial charge in [0.1, 0.15) is 5.75 Å². The number of halogens is 3. The van der Waals surface area contributed by atoms with Gasteiger partial charge in [0, 0.05) is 13.2 Å². The summed E-state index contributed by atoms with van der Waals surface area (Å²) in [7, 11) is -4.56. The first-order valence-corrected chi connectivity index (χ1v) is 6.34. The number of carbonyl (C=O) groups excluding carboxylic acids is 1. The standard InChI is InChI=1S/C10H9F3O6S/c1-17-6-18-8-3-2-7(5-14)9(4-8)19-20(15,16)10(11,12)13/h2-5H,6H2,1H3. The second kappa shape index (κ2) is 6.09. The number of benzene rings is 1. The Labute approximate surface area is 112 Å². The van der Waals surface area contributed by atoms with Crippen LogP contribution >= 0.6 is 0 Å².